The molecule has 1 saturated carbocycles. The van der Waals surface area contributed by atoms with Crippen LogP contribution in [0.2, 0.25) is 0 Å². The molecular formula is C20H25N5O3. The average Bonchev–Trinajstić information content (AvgIpc) is 3.47. The monoisotopic (exact) mass is 383 g/mol. The molecule has 0 amide bonds. The molecule has 0 saturated heterocycles. The van der Waals surface area contributed by atoms with Crippen LogP contribution < -0.4 is 15.2 Å². The van der Waals surface area contributed by atoms with Gasteiger partial charge in [-0.15, -0.1) is 0 Å². The van der Waals surface area contributed by atoms with E-state index in [4.69, 9.17) is 20.7 Å². The molecule has 3 N–H and O–H groups in total. The SMILES string of the molecule is COc1ccc(C2CC2COc2nc(C)ncc2C(N=N)C(N)C=O)c(C)c1. The minimum absolute atomic E-state index is 0.336. The topological polar surface area (TPSA) is 124 Å². The maximum atomic E-state index is 11.1. The third kappa shape index (κ3) is 4.17. The number of rotatable bonds is 9. The van der Waals surface area contributed by atoms with Gasteiger partial charge in [-0.25, -0.2) is 10.5 Å². The van der Waals surface area contributed by atoms with Crippen LogP contribution in [-0.2, 0) is 4.79 Å². The second-order valence-electron chi connectivity index (χ2n) is 7.10. The van der Waals surface area contributed by atoms with Crippen molar-refractivity contribution in [1.29, 1.82) is 5.53 Å². The molecule has 0 aliphatic heterocycles. The minimum atomic E-state index is -0.943. The van der Waals surface area contributed by atoms with E-state index in [9.17, 15) is 4.79 Å². The summed E-state index contributed by atoms with van der Waals surface area (Å²) in [6.07, 6.45) is 3.13. The van der Waals surface area contributed by atoms with E-state index >= 15 is 0 Å². The highest BCUT2D eigenvalue weighted by Gasteiger charge is 2.40. The molecule has 1 aromatic carbocycles. The van der Waals surface area contributed by atoms with Gasteiger partial charge in [-0.05, 0) is 49.4 Å². The molecule has 8 nitrogen and oxygen atoms in total. The summed E-state index contributed by atoms with van der Waals surface area (Å²) in [7, 11) is 1.66. The van der Waals surface area contributed by atoms with Gasteiger partial charge in [0.2, 0.25) is 5.88 Å². The van der Waals surface area contributed by atoms with Gasteiger partial charge in [0, 0.05) is 12.1 Å². The number of carbonyl (C=O) groups is 1. The van der Waals surface area contributed by atoms with Crippen LogP contribution in [0.1, 0.15) is 40.9 Å². The fourth-order valence-electron chi connectivity index (χ4n) is 3.40. The largest absolute Gasteiger partial charge is 0.497 e. The number of aromatic nitrogens is 2. The Balaban J connectivity index is 1.71. The fourth-order valence-corrected chi connectivity index (χ4v) is 3.40. The first kappa shape index (κ1) is 19.9. The second kappa shape index (κ2) is 8.43. The van der Waals surface area contributed by atoms with Crippen LogP contribution >= 0.6 is 0 Å². The standard InChI is InChI=1S/C20H25N5O3/c1-11-6-14(27-3)4-5-15(11)16-7-13(16)10-28-20-17(8-23-12(2)24-20)19(25-22)18(21)9-26/h4-6,8-9,13,16,18-19,22H,7,10,21H2,1-3H3. The number of ether oxygens (including phenoxy) is 2. The van der Waals surface area contributed by atoms with Crippen LogP contribution in [0.15, 0.2) is 29.5 Å². The molecule has 2 aromatic rings. The van der Waals surface area contributed by atoms with Crippen molar-refractivity contribution in [3.63, 3.8) is 0 Å². The summed E-state index contributed by atoms with van der Waals surface area (Å²) >= 11 is 0. The first-order valence-corrected chi connectivity index (χ1v) is 9.16. The number of hydrogen-bond donors (Lipinski definition) is 2. The van der Waals surface area contributed by atoms with Crippen LogP contribution in [0.25, 0.3) is 0 Å². The van der Waals surface area contributed by atoms with E-state index < -0.39 is 12.1 Å². The van der Waals surface area contributed by atoms with Crippen molar-refractivity contribution in [3.05, 3.63) is 46.9 Å². The molecule has 3 rings (SSSR count). The number of aldehydes is 1. The highest BCUT2D eigenvalue weighted by atomic mass is 16.5. The van der Waals surface area contributed by atoms with Crippen molar-refractivity contribution in [2.24, 2.45) is 16.8 Å². The van der Waals surface area contributed by atoms with E-state index in [-0.39, 0.29) is 0 Å². The van der Waals surface area contributed by atoms with Crippen molar-refractivity contribution in [2.45, 2.75) is 38.3 Å². The van der Waals surface area contributed by atoms with Gasteiger partial charge in [0.1, 0.15) is 23.9 Å². The van der Waals surface area contributed by atoms with Crippen molar-refractivity contribution in [1.82, 2.24) is 9.97 Å². The first-order chi connectivity index (χ1) is 13.5. The summed E-state index contributed by atoms with van der Waals surface area (Å²) in [4.78, 5) is 19.5. The molecule has 0 bridgehead atoms. The first-order valence-electron chi connectivity index (χ1n) is 9.16. The zero-order valence-electron chi connectivity index (χ0n) is 16.3. The molecule has 0 spiro atoms. The van der Waals surface area contributed by atoms with Gasteiger partial charge < -0.3 is 20.0 Å². The predicted molar refractivity (Wildman–Crippen MR) is 103 cm³/mol. The molecule has 1 fully saturated rings. The summed E-state index contributed by atoms with van der Waals surface area (Å²) in [5, 5.41) is 3.47. The van der Waals surface area contributed by atoms with Crippen LogP contribution in [0, 0.1) is 25.3 Å². The number of methoxy groups -OCH3 is 1. The normalized spacial score (nSPS) is 20.1. The Morgan fingerprint density at radius 3 is 2.86 bits per heavy atom. The van der Waals surface area contributed by atoms with E-state index in [2.05, 4.69) is 28.1 Å². The number of nitrogens with two attached hydrogens (primary N) is 1. The quantitative estimate of drug-likeness (QED) is 0.507. The Hall–Kier alpha value is -2.87. The van der Waals surface area contributed by atoms with Gasteiger partial charge in [0.25, 0.3) is 0 Å². The summed E-state index contributed by atoms with van der Waals surface area (Å²) in [5.41, 5.74) is 16.1. The lowest BCUT2D eigenvalue weighted by Crippen LogP contribution is -2.29. The zero-order chi connectivity index (χ0) is 20.3. The molecule has 0 radical (unpaired) electrons. The van der Waals surface area contributed by atoms with E-state index in [1.807, 2.05) is 12.1 Å². The Kier molecular flexibility index (Phi) is 5.99. The predicted octanol–water partition coefficient (Wildman–Crippen LogP) is 2.88. The maximum Gasteiger partial charge on any atom is 0.222 e. The summed E-state index contributed by atoms with van der Waals surface area (Å²) < 4.78 is 11.2. The number of aryl methyl sites for hydroxylation is 2. The van der Waals surface area contributed by atoms with Crippen molar-refractivity contribution >= 4 is 6.29 Å². The van der Waals surface area contributed by atoms with Crippen LogP contribution in [0.3, 0.4) is 0 Å². The minimum Gasteiger partial charge on any atom is -0.497 e. The van der Waals surface area contributed by atoms with Gasteiger partial charge in [0.05, 0.1) is 25.3 Å². The molecular weight excluding hydrogens is 358 g/mol. The van der Waals surface area contributed by atoms with Gasteiger partial charge in [0.15, 0.2) is 0 Å². The highest BCUT2D eigenvalue weighted by Crippen LogP contribution is 2.49. The van der Waals surface area contributed by atoms with Crippen LogP contribution in [0.4, 0.5) is 0 Å². The number of benzene rings is 1. The Bertz CT molecular complexity index is 873. The van der Waals surface area contributed by atoms with Gasteiger partial charge >= 0.3 is 0 Å². The number of nitrogens with zero attached hydrogens (tertiary/aromatic N) is 3. The lowest BCUT2D eigenvalue weighted by atomic mass is 10.0. The Morgan fingerprint density at radius 2 is 2.21 bits per heavy atom. The van der Waals surface area contributed by atoms with Crippen LogP contribution in [-0.4, -0.2) is 36.0 Å². The third-order valence-corrected chi connectivity index (χ3v) is 5.11. The lowest BCUT2D eigenvalue weighted by molar-refractivity contribution is -0.109. The third-order valence-electron chi connectivity index (χ3n) is 5.11. The molecule has 1 aromatic heterocycles. The average molecular weight is 383 g/mol. The maximum absolute atomic E-state index is 11.1. The molecule has 1 aliphatic rings. The summed E-state index contributed by atoms with van der Waals surface area (Å²) in [6.45, 7) is 4.32. The van der Waals surface area contributed by atoms with E-state index in [1.165, 1.54) is 17.3 Å². The lowest BCUT2D eigenvalue weighted by Gasteiger charge is -2.17. The van der Waals surface area contributed by atoms with Gasteiger partial charge in [-0.2, -0.15) is 10.1 Å². The smallest absolute Gasteiger partial charge is 0.222 e. The number of carbonyl (C=O) groups excluding carboxylic acids is 1. The van der Waals surface area contributed by atoms with Crippen molar-refractivity contribution in [3.8, 4) is 11.6 Å². The highest BCUT2D eigenvalue weighted by molar-refractivity contribution is 5.59. The Morgan fingerprint density at radius 1 is 1.43 bits per heavy atom. The van der Waals surface area contributed by atoms with Gasteiger partial charge in [-0.1, -0.05) is 6.07 Å². The second-order valence-corrected chi connectivity index (χ2v) is 7.10. The molecule has 4 atom stereocenters. The molecule has 4 unspecified atom stereocenters. The molecule has 8 heteroatoms. The number of nitrogens with one attached hydrogen (secondary N) is 1. The molecule has 28 heavy (non-hydrogen) atoms. The van der Waals surface area contributed by atoms with E-state index in [0.717, 1.165) is 12.2 Å². The van der Waals surface area contributed by atoms with Crippen molar-refractivity contribution in [2.75, 3.05) is 13.7 Å². The Labute approximate surface area is 164 Å². The van der Waals surface area contributed by atoms with E-state index in [1.54, 1.807) is 14.0 Å². The van der Waals surface area contributed by atoms with Crippen LogP contribution in [0.5, 0.6) is 11.6 Å². The molecule has 1 heterocycles. The zero-order valence-corrected chi connectivity index (χ0v) is 16.3. The summed E-state index contributed by atoms with van der Waals surface area (Å²) in [5.74, 6) is 2.54. The van der Waals surface area contributed by atoms with E-state index in [0.29, 0.717) is 42.0 Å². The van der Waals surface area contributed by atoms with Gasteiger partial charge in [-0.3, -0.25) is 0 Å². The molecule has 148 valence electrons. The fraction of sp³-hybridized carbons (Fsp3) is 0.450. The summed E-state index contributed by atoms with van der Waals surface area (Å²) in [6, 6.07) is 4.33. The van der Waals surface area contributed by atoms with Crippen molar-refractivity contribution < 1.29 is 14.3 Å². The number of hydrogen-bond acceptors (Lipinski definition) is 8. The molecule has 1 aliphatic carbocycles.